The summed E-state index contributed by atoms with van der Waals surface area (Å²) in [7, 11) is 1.50. The number of aliphatic hydroxyl groups is 1. The van der Waals surface area contributed by atoms with Crippen LogP contribution in [0, 0.1) is 0 Å². The third kappa shape index (κ3) is 4.21. The molecule has 1 amide bonds. The number of ketones is 1. The lowest BCUT2D eigenvalue weighted by atomic mass is 9.95. The van der Waals surface area contributed by atoms with Gasteiger partial charge in [0.2, 0.25) is 0 Å². The fourth-order valence-electron chi connectivity index (χ4n) is 3.84. The van der Waals surface area contributed by atoms with Crippen molar-refractivity contribution in [3.63, 3.8) is 0 Å². The number of rotatable bonds is 5. The molecular weight excluding hydrogens is 422 g/mol. The Bertz CT molecular complexity index is 1260. The highest BCUT2D eigenvalue weighted by atomic mass is 16.5. The fourth-order valence-corrected chi connectivity index (χ4v) is 3.84. The molecule has 3 aromatic rings. The molecule has 7 nitrogen and oxygen atoms in total. The summed E-state index contributed by atoms with van der Waals surface area (Å²) in [5.41, 5.74) is 1.26. The monoisotopic (exact) mass is 443 g/mol. The zero-order chi connectivity index (χ0) is 23.5. The van der Waals surface area contributed by atoms with E-state index in [4.69, 9.17) is 9.47 Å². The van der Waals surface area contributed by atoms with Crippen molar-refractivity contribution in [2.24, 2.45) is 0 Å². The van der Waals surface area contributed by atoms with Gasteiger partial charge in [-0.1, -0.05) is 48.5 Å². The van der Waals surface area contributed by atoms with Crippen LogP contribution in [0.4, 0.5) is 5.69 Å². The lowest BCUT2D eigenvalue weighted by molar-refractivity contribution is -0.132. The van der Waals surface area contributed by atoms with Crippen molar-refractivity contribution < 1.29 is 29.0 Å². The molecule has 0 saturated carbocycles. The van der Waals surface area contributed by atoms with Gasteiger partial charge in [-0.3, -0.25) is 19.3 Å². The molecule has 0 aliphatic carbocycles. The number of benzene rings is 3. The van der Waals surface area contributed by atoms with Crippen LogP contribution < -0.4 is 14.4 Å². The predicted octanol–water partition coefficient (Wildman–Crippen LogP) is 4.25. The normalized spacial score (nSPS) is 17.2. The third-order valence-electron chi connectivity index (χ3n) is 5.26. The average Bonchev–Trinajstić information content (AvgIpc) is 3.09. The van der Waals surface area contributed by atoms with Crippen LogP contribution in [-0.2, 0) is 14.4 Å². The van der Waals surface area contributed by atoms with E-state index in [2.05, 4.69) is 0 Å². The van der Waals surface area contributed by atoms with Crippen LogP contribution in [0.1, 0.15) is 24.1 Å². The third-order valence-corrected chi connectivity index (χ3v) is 5.26. The number of carbonyl (C=O) groups is 3. The number of ether oxygens (including phenoxy) is 2. The van der Waals surface area contributed by atoms with Crippen molar-refractivity contribution in [1.82, 2.24) is 0 Å². The first-order chi connectivity index (χ1) is 15.9. The van der Waals surface area contributed by atoms with Crippen LogP contribution in [0.3, 0.4) is 0 Å². The highest BCUT2D eigenvalue weighted by Crippen LogP contribution is 2.43. The van der Waals surface area contributed by atoms with Crippen molar-refractivity contribution in [2.45, 2.75) is 13.0 Å². The van der Waals surface area contributed by atoms with Crippen molar-refractivity contribution in [3.05, 3.63) is 95.6 Å². The summed E-state index contributed by atoms with van der Waals surface area (Å²) in [6, 6.07) is 20.9. The molecule has 1 heterocycles. The van der Waals surface area contributed by atoms with Crippen LogP contribution in [0.15, 0.2) is 84.4 Å². The number of hydrogen-bond acceptors (Lipinski definition) is 6. The maximum atomic E-state index is 13.2. The van der Waals surface area contributed by atoms with E-state index in [0.717, 1.165) is 0 Å². The summed E-state index contributed by atoms with van der Waals surface area (Å²) in [6.07, 6.45) is 0. The van der Waals surface area contributed by atoms with Gasteiger partial charge in [-0.2, -0.15) is 0 Å². The second-order valence-corrected chi connectivity index (χ2v) is 7.40. The van der Waals surface area contributed by atoms with Gasteiger partial charge < -0.3 is 14.6 Å². The van der Waals surface area contributed by atoms with Gasteiger partial charge in [0.05, 0.1) is 18.7 Å². The molecule has 0 spiro atoms. The Morgan fingerprint density at radius 3 is 2.30 bits per heavy atom. The molecule has 0 bridgehead atoms. The lowest BCUT2D eigenvalue weighted by Crippen LogP contribution is -2.29. The van der Waals surface area contributed by atoms with E-state index in [1.54, 1.807) is 78.9 Å². The number of methoxy groups -OCH3 is 1. The van der Waals surface area contributed by atoms with Crippen molar-refractivity contribution in [1.29, 1.82) is 0 Å². The van der Waals surface area contributed by atoms with Gasteiger partial charge in [-0.25, -0.2) is 0 Å². The SMILES string of the molecule is COc1cccc(N2C(=O)C(=O)/C(=C(/O)c3ccccc3)C2c2cccc(OC(C)=O)c2)c1. The standard InChI is InChI=1S/C26H21NO6/c1-16(28)33-21-13-6-10-18(14-21)23-22(24(29)17-8-4-3-5-9-17)25(30)26(31)27(23)19-11-7-12-20(15-19)32-2/h3-15,23,29H,1-2H3/b24-22+. The molecular formula is C26H21NO6. The van der Waals surface area contributed by atoms with Crippen LogP contribution >= 0.6 is 0 Å². The minimum absolute atomic E-state index is 0.0611. The van der Waals surface area contributed by atoms with E-state index in [1.165, 1.54) is 18.9 Å². The molecule has 1 aliphatic rings. The summed E-state index contributed by atoms with van der Waals surface area (Å²) in [5, 5.41) is 11.1. The molecule has 4 rings (SSSR count). The molecule has 1 aliphatic heterocycles. The zero-order valence-electron chi connectivity index (χ0n) is 18.0. The van der Waals surface area contributed by atoms with Gasteiger partial charge in [0, 0.05) is 24.2 Å². The van der Waals surface area contributed by atoms with Gasteiger partial charge >= 0.3 is 5.97 Å². The Hall–Kier alpha value is -4.39. The largest absolute Gasteiger partial charge is 0.507 e. The average molecular weight is 443 g/mol. The lowest BCUT2D eigenvalue weighted by Gasteiger charge is -2.26. The number of anilines is 1. The molecule has 1 saturated heterocycles. The van der Waals surface area contributed by atoms with E-state index >= 15 is 0 Å². The number of aliphatic hydroxyl groups excluding tert-OH is 1. The summed E-state index contributed by atoms with van der Waals surface area (Å²) >= 11 is 0. The van der Waals surface area contributed by atoms with E-state index in [0.29, 0.717) is 22.6 Å². The minimum atomic E-state index is -0.951. The van der Waals surface area contributed by atoms with Gasteiger partial charge in [0.15, 0.2) is 0 Å². The second kappa shape index (κ2) is 9.00. The Labute approximate surface area is 190 Å². The van der Waals surface area contributed by atoms with Crippen LogP contribution in [-0.4, -0.2) is 29.9 Å². The quantitative estimate of drug-likeness (QED) is 0.208. The Morgan fingerprint density at radius 1 is 0.909 bits per heavy atom. The number of esters is 1. The molecule has 0 aromatic heterocycles. The highest BCUT2D eigenvalue weighted by molar-refractivity contribution is 6.51. The second-order valence-electron chi connectivity index (χ2n) is 7.40. The van der Waals surface area contributed by atoms with E-state index in [1.807, 2.05) is 0 Å². The molecule has 1 N–H and O–H groups in total. The van der Waals surface area contributed by atoms with E-state index < -0.39 is 23.7 Å². The number of Topliss-reactive ketones (excluding diaryl/α,β-unsaturated/α-hetero) is 1. The van der Waals surface area contributed by atoms with Crippen molar-refractivity contribution >= 4 is 29.1 Å². The molecule has 3 aromatic carbocycles. The Balaban J connectivity index is 1.94. The number of hydrogen-bond donors (Lipinski definition) is 1. The molecule has 1 atom stereocenters. The Morgan fingerprint density at radius 2 is 1.61 bits per heavy atom. The molecule has 1 unspecified atom stereocenters. The molecule has 166 valence electrons. The minimum Gasteiger partial charge on any atom is -0.507 e. The molecule has 33 heavy (non-hydrogen) atoms. The fraction of sp³-hybridized carbons (Fsp3) is 0.115. The van der Waals surface area contributed by atoms with Gasteiger partial charge in [0.1, 0.15) is 17.3 Å². The summed E-state index contributed by atoms with van der Waals surface area (Å²) in [6.45, 7) is 1.28. The Kier molecular flexibility index (Phi) is 5.95. The molecule has 7 heteroatoms. The van der Waals surface area contributed by atoms with Gasteiger partial charge in [-0.15, -0.1) is 0 Å². The van der Waals surface area contributed by atoms with Crippen LogP contribution in [0.2, 0.25) is 0 Å². The van der Waals surface area contributed by atoms with E-state index in [9.17, 15) is 19.5 Å². The number of amides is 1. The molecule has 0 radical (unpaired) electrons. The summed E-state index contributed by atoms with van der Waals surface area (Å²) in [4.78, 5) is 39.2. The first-order valence-electron chi connectivity index (χ1n) is 10.2. The predicted molar refractivity (Wildman–Crippen MR) is 122 cm³/mol. The van der Waals surface area contributed by atoms with Crippen molar-refractivity contribution in [2.75, 3.05) is 12.0 Å². The summed E-state index contributed by atoms with van der Waals surface area (Å²) < 4.78 is 10.5. The highest BCUT2D eigenvalue weighted by Gasteiger charge is 2.47. The topological polar surface area (TPSA) is 93.1 Å². The first kappa shape index (κ1) is 21.8. The smallest absolute Gasteiger partial charge is 0.308 e. The number of carbonyl (C=O) groups excluding carboxylic acids is 3. The van der Waals surface area contributed by atoms with Gasteiger partial charge in [0.25, 0.3) is 11.7 Å². The number of nitrogens with zero attached hydrogens (tertiary/aromatic N) is 1. The van der Waals surface area contributed by atoms with Crippen LogP contribution in [0.5, 0.6) is 11.5 Å². The van der Waals surface area contributed by atoms with E-state index in [-0.39, 0.29) is 17.1 Å². The molecule has 1 fully saturated rings. The summed E-state index contributed by atoms with van der Waals surface area (Å²) in [5.74, 6) is -1.63. The zero-order valence-corrected chi connectivity index (χ0v) is 18.0. The maximum Gasteiger partial charge on any atom is 0.308 e. The van der Waals surface area contributed by atoms with Gasteiger partial charge in [-0.05, 0) is 29.8 Å². The first-order valence-corrected chi connectivity index (χ1v) is 10.2. The van der Waals surface area contributed by atoms with Crippen molar-refractivity contribution in [3.8, 4) is 11.5 Å². The van der Waals surface area contributed by atoms with Crippen LogP contribution in [0.25, 0.3) is 5.76 Å². The maximum absolute atomic E-state index is 13.2.